The number of primary amides is 1. The number of hydrogen-bond donors (Lipinski definition) is 5. The summed E-state index contributed by atoms with van der Waals surface area (Å²) >= 11 is 4.90. The molecule has 1 amide bonds. The Hall–Kier alpha value is -1.86. The maximum absolute atomic E-state index is 11.0. The van der Waals surface area contributed by atoms with Crippen molar-refractivity contribution in [1.82, 2.24) is 5.32 Å². The number of nitrogens with two attached hydrogens (primary N) is 2. The molecule has 1 aromatic rings. The van der Waals surface area contributed by atoms with Crippen LogP contribution in [-0.2, 0) is 4.79 Å². The average molecular weight is 254 g/mol. The molecule has 0 aliphatic carbocycles. The molecule has 0 saturated heterocycles. The molecule has 0 aliphatic heterocycles. The summed E-state index contributed by atoms with van der Waals surface area (Å²) in [5.74, 6) is -0.638. The van der Waals surface area contributed by atoms with Crippen LogP contribution in [0.5, 0.6) is 5.75 Å². The maximum Gasteiger partial charge on any atom is 0.238 e. The van der Waals surface area contributed by atoms with E-state index in [1.54, 1.807) is 7.05 Å². The van der Waals surface area contributed by atoms with Gasteiger partial charge in [-0.2, -0.15) is 0 Å². The Bertz CT molecular complexity index is 450. The number of rotatable bonds is 3. The first-order valence-corrected chi connectivity index (χ1v) is 5.23. The predicted octanol–water partition coefficient (Wildman–Crippen LogP) is -0.207. The van der Waals surface area contributed by atoms with Crippen molar-refractivity contribution in [1.29, 1.82) is 0 Å². The quantitative estimate of drug-likeness (QED) is 0.377. The van der Waals surface area contributed by atoms with E-state index in [1.165, 1.54) is 18.2 Å². The van der Waals surface area contributed by atoms with Gasteiger partial charge in [0.15, 0.2) is 5.11 Å². The minimum atomic E-state index is -0.917. The second-order valence-corrected chi connectivity index (χ2v) is 3.77. The Labute approximate surface area is 104 Å². The smallest absolute Gasteiger partial charge is 0.238 e. The Morgan fingerprint density at radius 1 is 1.53 bits per heavy atom. The molecular weight excluding hydrogens is 240 g/mol. The van der Waals surface area contributed by atoms with Crippen molar-refractivity contribution in [3.63, 3.8) is 0 Å². The Kier molecular flexibility index (Phi) is 4.24. The summed E-state index contributed by atoms with van der Waals surface area (Å²) in [6, 6.07) is 3.55. The van der Waals surface area contributed by atoms with E-state index in [-0.39, 0.29) is 5.75 Å². The topological polar surface area (TPSA) is 113 Å². The molecule has 1 atom stereocenters. The SMILES string of the molecule is CNC(=S)Nc1cc(C(N)C(N)=O)ccc1O. The predicted molar refractivity (Wildman–Crippen MR) is 69.5 cm³/mol. The summed E-state index contributed by atoms with van der Waals surface area (Å²) in [7, 11) is 1.64. The van der Waals surface area contributed by atoms with Gasteiger partial charge >= 0.3 is 0 Å². The number of carbonyl (C=O) groups excluding carboxylic acids is 1. The molecule has 1 aromatic carbocycles. The highest BCUT2D eigenvalue weighted by Crippen LogP contribution is 2.26. The van der Waals surface area contributed by atoms with E-state index in [0.717, 1.165) is 0 Å². The highest BCUT2D eigenvalue weighted by molar-refractivity contribution is 7.80. The first-order chi connectivity index (χ1) is 7.95. The van der Waals surface area contributed by atoms with Gasteiger partial charge in [0.05, 0.1) is 5.69 Å². The number of thiocarbonyl (C=S) groups is 1. The van der Waals surface area contributed by atoms with Crippen LogP contribution in [0, 0.1) is 0 Å². The molecule has 1 rings (SSSR count). The van der Waals surface area contributed by atoms with Gasteiger partial charge in [-0.3, -0.25) is 4.79 Å². The zero-order chi connectivity index (χ0) is 13.0. The van der Waals surface area contributed by atoms with Crippen molar-refractivity contribution >= 4 is 28.9 Å². The van der Waals surface area contributed by atoms with E-state index < -0.39 is 11.9 Å². The third-order valence-electron chi connectivity index (χ3n) is 2.16. The molecule has 0 fully saturated rings. The van der Waals surface area contributed by atoms with E-state index >= 15 is 0 Å². The molecule has 0 spiro atoms. The number of anilines is 1. The summed E-state index contributed by atoms with van der Waals surface area (Å²) in [6.07, 6.45) is 0. The van der Waals surface area contributed by atoms with Crippen LogP contribution in [0.25, 0.3) is 0 Å². The van der Waals surface area contributed by atoms with Crippen molar-refractivity contribution in [2.45, 2.75) is 6.04 Å². The Balaban J connectivity index is 3.02. The van der Waals surface area contributed by atoms with E-state index in [0.29, 0.717) is 16.4 Å². The van der Waals surface area contributed by atoms with Crippen molar-refractivity contribution in [3.8, 4) is 5.75 Å². The number of benzene rings is 1. The zero-order valence-corrected chi connectivity index (χ0v) is 10.0. The lowest BCUT2D eigenvalue weighted by molar-refractivity contribution is -0.119. The number of aromatic hydroxyl groups is 1. The number of nitrogens with one attached hydrogen (secondary N) is 2. The van der Waals surface area contributed by atoms with Gasteiger partial charge in [-0.1, -0.05) is 6.07 Å². The third kappa shape index (κ3) is 3.30. The number of phenolic OH excluding ortho intramolecular Hbond substituents is 1. The van der Waals surface area contributed by atoms with Gasteiger partial charge in [-0.25, -0.2) is 0 Å². The lowest BCUT2D eigenvalue weighted by Gasteiger charge is -2.13. The third-order valence-corrected chi connectivity index (χ3v) is 2.47. The molecular formula is C10H14N4O2S. The van der Waals surface area contributed by atoms with Crippen molar-refractivity contribution < 1.29 is 9.90 Å². The van der Waals surface area contributed by atoms with Gasteiger partial charge in [0, 0.05) is 7.05 Å². The summed E-state index contributed by atoms with van der Waals surface area (Å²) in [4.78, 5) is 11.0. The summed E-state index contributed by atoms with van der Waals surface area (Å²) in [5.41, 5.74) is 11.5. The standard InChI is InChI=1S/C10H14N4O2S/c1-13-10(17)14-6-4-5(2-3-7(6)15)8(11)9(12)16/h2-4,8,15H,11H2,1H3,(H2,12,16)(H2,13,14,17). The highest BCUT2D eigenvalue weighted by atomic mass is 32.1. The second-order valence-electron chi connectivity index (χ2n) is 3.36. The van der Waals surface area contributed by atoms with Gasteiger partial charge in [-0.15, -0.1) is 0 Å². The van der Waals surface area contributed by atoms with E-state index in [9.17, 15) is 9.90 Å². The van der Waals surface area contributed by atoms with Gasteiger partial charge in [0.25, 0.3) is 0 Å². The Morgan fingerprint density at radius 2 is 2.18 bits per heavy atom. The molecule has 1 unspecified atom stereocenters. The molecule has 6 nitrogen and oxygen atoms in total. The first kappa shape index (κ1) is 13.2. The molecule has 7 N–H and O–H groups in total. The van der Waals surface area contributed by atoms with Crippen LogP contribution in [0.2, 0.25) is 0 Å². The molecule has 0 aliphatic rings. The molecule has 0 saturated carbocycles. The molecule has 17 heavy (non-hydrogen) atoms. The van der Waals surface area contributed by atoms with Gasteiger partial charge in [0.1, 0.15) is 11.8 Å². The average Bonchev–Trinajstić information content (AvgIpc) is 2.30. The van der Waals surface area contributed by atoms with Crippen LogP contribution in [0.1, 0.15) is 11.6 Å². The molecule has 7 heteroatoms. The van der Waals surface area contributed by atoms with Gasteiger partial charge in [-0.05, 0) is 29.9 Å². The molecule has 0 aromatic heterocycles. The fraction of sp³-hybridized carbons (Fsp3) is 0.200. The molecule has 92 valence electrons. The van der Waals surface area contributed by atoms with Crippen LogP contribution >= 0.6 is 12.2 Å². The molecule has 0 heterocycles. The summed E-state index contributed by atoms with van der Waals surface area (Å²) < 4.78 is 0. The van der Waals surface area contributed by atoms with Crippen LogP contribution in [0.4, 0.5) is 5.69 Å². The Morgan fingerprint density at radius 3 is 2.71 bits per heavy atom. The van der Waals surface area contributed by atoms with Crippen molar-refractivity contribution in [3.05, 3.63) is 23.8 Å². The number of carbonyl (C=O) groups is 1. The maximum atomic E-state index is 11.0. The van der Waals surface area contributed by atoms with Crippen LogP contribution in [0.15, 0.2) is 18.2 Å². The zero-order valence-electron chi connectivity index (χ0n) is 9.23. The highest BCUT2D eigenvalue weighted by Gasteiger charge is 2.14. The van der Waals surface area contributed by atoms with E-state index in [4.69, 9.17) is 23.7 Å². The molecule has 0 radical (unpaired) electrons. The van der Waals surface area contributed by atoms with E-state index in [2.05, 4.69) is 10.6 Å². The van der Waals surface area contributed by atoms with Crippen LogP contribution in [-0.4, -0.2) is 23.2 Å². The minimum Gasteiger partial charge on any atom is -0.506 e. The number of phenols is 1. The normalized spacial score (nSPS) is 11.6. The van der Waals surface area contributed by atoms with Crippen molar-refractivity contribution in [2.75, 3.05) is 12.4 Å². The summed E-state index contributed by atoms with van der Waals surface area (Å²) in [6.45, 7) is 0. The van der Waals surface area contributed by atoms with E-state index in [1.807, 2.05) is 0 Å². The minimum absolute atomic E-state index is 0.00280. The number of amides is 1. The van der Waals surface area contributed by atoms with Gasteiger partial charge in [0.2, 0.25) is 5.91 Å². The molecule has 0 bridgehead atoms. The van der Waals surface area contributed by atoms with Crippen LogP contribution in [0.3, 0.4) is 0 Å². The van der Waals surface area contributed by atoms with Crippen molar-refractivity contribution in [2.24, 2.45) is 11.5 Å². The lowest BCUT2D eigenvalue weighted by atomic mass is 10.1. The monoisotopic (exact) mass is 254 g/mol. The van der Waals surface area contributed by atoms with Crippen LogP contribution < -0.4 is 22.1 Å². The second kappa shape index (κ2) is 5.46. The fourth-order valence-electron chi connectivity index (χ4n) is 1.20. The lowest BCUT2D eigenvalue weighted by Crippen LogP contribution is -2.28. The fourth-order valence-corrected chi connectivity index (χ4v) is 1.31. The largest absolute Gasteiger partial charge is 0.506 e. The number of hydrogen-bond acceptors (Lipinski definition) is 4. The first-order valence-electron chi connectivity index (χ1n) is 4.82. The summed E-state index contributed by atoms with van der Waals surface area (Å²) in [5, 5.41) is 15.4. The van der Waals surface area contributed by atoms with Gasteiger partial charge < -0.3 is 27.2 Å².